The lowest BCUT2D eigenvalue weighted by Crippen LogP contribution is -2.37. The minimum absolute atomic E-state index is 0.211. The molecule has 8 nitrogen and oxygen atoms in total. The summed E-state index contributed by atoms with van der Waals surface area (Å²) in [6.45, 7) is 18.6. The highest BCUT2D eigenvalue weighted by Gasteiger charge is 2.35. The van der Waals surface area contributed by atoms with Gasteiger partial charge in [-0.15, -0.1) is 0 Å². The normalized spacial score (nSPS) is 17.2. The summed E-state index contributed by atoms with van der Waals surface area (Å²) in [5.41, 5.74) is 42.2. The van der Waals surface area contributed by atoms with Crippen molar-refractivity contribution >= 4 is 68.0 Å². The summed E-state index contributed by atoms with van der Waals surface area (Å²) < 4.78 is 13.7. The van der Waals surface area contributed by atoms with Gasteiger partial charge in [0.25, 0.3) is 0 Å². The van der Waals surface area contributed by atoms with E-state index in [0.29, 0.717) is 13.1 Å². The van der Waals surface area contributed by atoms with Crippen LogP contribution in [0.3, 0.4) is 0 Å². The molecule has 0 bridgehead atoms. The van der Waals surface area contributed by atoms with E-state index in [1.165, 1.54) is 73.7 Å². The maximum absolute atomic E-state index is 7.59. The average Bonchev–Trinajstić information content (AvgIpc) is 4.23. The molecule has 4 atom stereocenters. The molecular weight excluding hydrogens is 931 g/mol. The number of furan rings is 1. The number of aromatic nitrogens is 3. The van der Waals surface area contributed by atoms with E-state index in [-0.39, 0.29) is 17.4 Å². The van der Waals surface area contributed by atoms with Crippen LogP contribution in [0.5, 0.6) is 0 Å². The predicted octanol–water partition coefficient (Wildman–Crippen LogP) is 17.2. The van der Waals surface area contributed by atoms with E-state index in [9.17, 15) is 0 Å². The number of hydrogen-bond donors (Lipinski definition) is 4. The fourth-order valence-corrected chi connectivity index (χ4v) is 12.7. The molecule has 4 heterocycles. The first-order chi connectivity index (χ1) is 37.0. The lowest BCUT2D eigenvalue weighted by molar-refractivity contribution is 0.382. The zero-order valence-electron chi connectivity index (χ0n) is 47.5. The highest BCUT2D eigenvalue weighted by Crippen LogP contribution is 2.46. The first-order valence-electron chi connectivity index (χ1n) is 29.0. The molecule has 402 valence electrons. The van der Waals surface area contributed by atoms with Gasteiger partial charge in [-0.3, -0.25) is 0 Å². The number of benzene rings is 4. The minimum atomic E-state index is -0.487. The van der Waals surface area contributed by atoms with Gasteiger partial charge in [0.15, 0.2) is 0 Å². The second-order valence-corrected chi connectivity index (χ2v) is 21.6. The van der Waals surface area contributed by atoms with Crippen LogP contribution in [0.15, 0.2) is 114 Å². The van der Waals surface area contributed by atoms with Crippen LogP contribution in [0.4, 0.5) is 0 Å². The summed E-state index contributed by atoms with van der Waals surface area (Å²) in [6.07, 6.45) is 31.2. The Morgan fingerprint density at radius 2 is 1.30 bits per heavy atom. The number of hydrogen-bond acceptors (Lipinski definition) is 5. The fourth-order valence-electron chi connectivity index (χ4n) is 12.7. The zero-order valence-corrected chi connectivity index (χ0v) is 47.5. The Morgan fingerprint density at radius 3 is 1.97 bits per heavy atom. The van der Waals surface area contributed by atoms with Crippen LogP contribution in [0.1, 0.15) is 196 Å². The molecule has 4 aromatic heterocycles. The summed E-state index contributed by atoms with van der Waals surface area (Å²) in [5, 5.41) is 4.91. The molecule has 0 aliphatic heterocycles. The molecule has 1 aliphatic carbocycles. The van der Waals surface area contributed by atoms with Crippen LogP contribution >= 0.6 is 0 Å². The summed E-state index contributed by atoms with van der Waals surface area (Å²) >= 11 is 0. The zero-order chi connectivity index (χ0) is 54.1. The lowest BCUT2D eigenvalue weighted by atomic mass is 9.80. The quantitative estimate of drug-likeness (QED) is 0.0604. The third-order valence-corrected chi connectivity index (χ3v) is 16.7. The topological polar surface area (TPSA) is 132 Å². The van der Waals surface area contributed by atoms with Crippen molar-refractivity contribution in [2.45, 2.75) is 162 Å². The third-order valence-electron chi connectivity index (χ3n) is 16.7. The Bertz CT molecular complexity index is 3380. The summed E-state index contributed by atoms with van der Waals surface area (Å²) in [7, 11) is 2.14. The van der Waals surface area contributed by atoms with Crippen LogP contribution in [-0.2, 0) is 18.1 Å². The number of aryl methyl sites for hydroxylation is 1. The molecule has 1 aliphatic rings. The summed E-state index contributed by atoms with van der Waals surface area (Å²) in [4.78, 5) is 0. The largest absolute Gasteiger partial charge is 0.456 e. The number of nitrogens with two attached hydrogens (primary N) is 4. The maximum atomic E-state index is 7.59. The number of para-hydroxylation sites is 2. The SMILES string of the molecule is C/C=C\c1c(C(N)(CC)CCCC)c2ccccc2n1C.C/C=C\c1oc2ccc(-n3c4c(c5cc(-n6c(/C=C\C)c(C(CN)CCCC)c7ccccc76)ccc53)C(N)(CC)CCC/C=C\4)cc2c1C(CN)CCC. The van der Waals surface area contributed by atoms with Crippen LogP contribution in [0.2, 0.25) is 0 Å². The molecule has 9 rings (SSSR count). The summed E-state index contributed by atoms with van der Waals surface area (Å²) in [6, 6.07) is 31.1. The average molecular weight is 1020 g/mol. The number of nitrogens with zero attached hydrogens (tertiary/aromatic N) is 3. The first kappa shape index (κ1) is 56.1. The van der Waals surface area contributed by atoms with Gasteiger partial charge in [-0.2, -0.15) is 0 Å². The van der Waals surface area contributed by atoms with Crippen molar-refractivity contribution in [3.8, 4) is 11.4 Å². The van der Waals surface area contributed by atoms with E-state index in [1.54, 1.807) is 0 Å². The molecule has 0 radical (unpaired) electrons. The van der Waals surface area contributed by atoms with E-state index in [2.05, 4.69) is 203 Å². The number of unbranched alkanes of at least 4 members (excludes halogenated alkanes) is 2. The van der Waals surface area contributed by atoms with Crippen molar-refractivity contribution in [3.05, 3.63) is 154 Å². The summed E-state index contributed by atoms with van der Waals surface area (Å²) in [5.74, 6) is 1.39. The van der Waals surface area contributed by atoms with E-state index in [4.69, 9.17) is 27.4 Å². The predicted molar refractivity (Wildman–Crippen MR) is 330 cm³/mol. The van der Waals surface area contributed by atoms with Gasteiger partial charge in [-0.1, -0.05) is 127 Å². The molecule has 0 saturated carbocycles. The third kappa shape index (κ3) is 10.5. The minimum Gasteiger partial charge on any atom is -0.456 e. The molecule has 76 heavy (non-hydrogen) atoms. The second-order valence-electron chi connectivity index (χ2n) is 21.6. The van der Waals surface area contributed by atoms with E-state index in [0.717, 1.165) is 110 Å². The van der Waals surface area contributed by atoms with Gasteiger partial charge in [0.2, 0.25) is 0 Å². The second kappa shape index (κ2) is 24.9. The molecular formula is C68H89N7O. The number of fused-ring (bicyclic) bond motifs is 6. The van der Waals surface area contributed by atoms with Gasteiger partial charge in [-0.25, -0.2) is 0 Å². The molecule has 0 amide bonds. The van der Waals surface area contributed by atoms with Crippen LogP contribution in [0.25, 0.3) is 79.4 Å². The van der Waals surface area contributed by atoms with E-state index >= 15 is 0 Å². The Morgan fingerprint density at radius 1 is 0.671 bits per heavy atom. The monoisotopic (exact) mass is 1020 g/mol. The fraction of sp³-hybridized carbons (Fsp3) is 0.412. The Hall–Kier alpha value is -6.16. The van der Waals surface area contributed by atoms with Gasteiger partial charge in [0, 0.05) is 84.9 Å². The van der Waals surface area contributed by atoms with Crippen molar-refractivity contribution in [1.29, 1.82) is 0 Å². The molecule has 8 heteroatoms. The Labute approximate surface area is 454 Å². The van der Waals surface area contributed by atoms with Crippen LogP contribution < -0.4 is 22.9 Å². The highest BCUT2D eigenvalue weighted by atomic mass is 16.3. The van der Waals surface area contributed by atoms with Gasteiger partial charge < -0.3 is 41.1 Å². The standard InChI is InChI=1S/C49H61N5O.C19H28N2/c1-6-11-20-34(32-51)46-37-21-14-15-22-40(37)53(42(46)18-8-3)35-24-26-41-38(29-35)48-43(23-13-12-16-28-49(48,52)10-5)54(41)36-25-27-44-39(30-36)47(33(31-50)17-7-2)45(55-44)19-9-4;1-5-8-14-19(20,7-3)18-15-12-9-10-13-16(15)21(4)17(18)11-6-2/h8-9,13-15,18-19,21-27,29-30,33-34H,6-7,10-12,16-17,20,28,31-32,50-52H2,1-5H3;6,9-13H,5,7-8,14,20H2,1-4H3/b18-8-,19-9-,23-13-;11-6-. The van der Waals surface area contributed by atoms with E-state index < -0.39 is 5.54 Å². The molecule has 8 N–H and O–H groups in total. The Balaban J connectivity index is 0.000000305. The van der Waals surface area contributed by atoms with Crippen LogP contribution in [0, 0.1) is 0 Å². The number of rotatable bonds is 20. The van der Waals surface area contributed by atoms with Crippen LogP contribution in [-0.4, -0.2) is 26.8 Å². The number of allylic oxidation sites excluding steroid dienone is 4. The highest BCUT2D eigenvalue weighted by molar-refractivity contribution is 5.97. The first-order valence-corrected chi connectivity index (χ1v) is 29.0. The Kier molecular flexibility index (Phi) is 18.4. The van der Waals surface area contributed by atoms with Crippen molar-refractivity contribution in [2.24, 2.45) is 30.0 Å². The van der Waals surface area contributed by atoms with Crippen molar-refractivity contribution < 1.29 is 4.42 Å². The molecule has 4 aromatic carbocycles. The van der Waals surface area contributed by atoms with Gasteiger partial charge in [-0.05, 0) is 170 Å². The van der Waals surface area contributed by atoms with Crippen molar-refractivity contribution in [1.82, 2.24) is 13.7 Å². The molecule has 4 unspecified atom stereocenters. The molecule has 8 aromatic rings. The molecule has 0 spiro atoms. The van der Waals surface area contributed by atoms with Crippen molar-refractivity contribution in [2.75, 3.05) is 13.1 Å². The smallest absolute Gasteiger partial charge is 0.135 e. The van der Waals surface area contributed by atoms with Gasteiger partial charge in [0.05, 0.1) is 22.4 Å². The lowest BCUT2D eigenvalue weighted by Gasteiger charge is -2.30. The molecule has 0 fully saturated rings. The maximum Gasteiger partial charge on any atom is 0.135 e. The van der Waals surface area contributed by atoms with Gasteiger partial charge in [0.1, 0.15) is 11.3 Å². The van der Waals surface area contributed by atoms with E-state index in [1.807, 2.05) is 6.92 Å². The molecule has 0 saturated heterocycles. The van der Waals surface area contributed by atoms with Gasteiger partial charge >= 0.3 is 0 Å². The van der Waals surface area contributed by atoms with Crippen molar-refractivity contribution in [3.63, 3.8) is 0 Å².